The molecule has 0 radical (unpaired) electrons. The summed E-state index contributed by atoms with van der Waals surface area (Å²) in [5.74, 6) is -1.78. The molecular formula is C26H24N2O5. The van der Waals surface area contributed by atoms with Gasteiger partial charge in [-0.2, -0.15) is 0 Å². The van der Waals surface area contributed by atoms with Gasteiger partial charge < -0.3 is 15.2 Å². The van der Waals surface area contributed by atoms with E-state index in [1.54, 1.807) is 25.1 Å². The molecule has 0 bridgehead atoms. The Kier molecular flexibility index (Phi) is 6.40. The van der Waals surface area contributed by atoms with Gasteiger partial charge in [-0.25, -0.2) is 9.59 Å². The molecule has 1 aliphatic carbocycles. The second kappa shape index (κ2) is 9.56. The zero-order valence-corrected chi connectivity index (χ0v) is 18.1. The first kappa shape index (κ1) is 22.1. The van der Waals surface area contributed by atoms with Gasteiger partial charge in [0.05, 0.1) is 11.3 Å². The van der Waals surface area contributed by atoms with E-state index in [2.05, 4.69) is 22.8 Å². The lowest BCUT2D eigenvalue weighted by Gasteiger charge is -2.16. The Bertz CT molecular complexity index is 1160. The topological polar surface area (TPSA) is 105 Å². The first-order valence-electron chi connectivity index (χ1n) is 10.7. The summed E-state index contributed by atoms with van der Waals surface area (Å²) in [5.41, 5.74) is 4.87. The van der Waals surface area contributed by atoms with Crippen LogP contribution in [0.5, 0.6) is 0 Å². The van der Waals surface area contributed by atoms with Gasteiger partial charge >= 0.3 is 12.1 Å². The molecule has 1 atom stereocenters. The van der Waals surface area contributed by atoms with Crippen LogP contribution in [0.2, 0.25) is 0 Å². The third-order valence-corrected chi connectivity index (χ3v) is 5.76. The van der Waals surface area contributed by atoms with E-state index in [4.69, 9.17) is 4.74 Å². The van der Waals surface area contributed by atoms with Crippen LogP contribution in [0.25, 0.3) is 11.1 Å². The number of carboxylic acid groups (broad SMARTS) is 1. The molecule has 0 saturated heterocycles. The summed E-state index contributed by atoms with van der Waals surface area (Å²) in [4.78, 5) is 36.4. The Balaban J connectivity index is 1.46. The van der Waals surface area contributed by atoms with Crippen LogP contribution < -0.4 is 10.6 Å². The minimum Gasteiger partial charge on any atom is -0.480 e. The second-order valence-corrected chi connectivity index (χ2v) is 7.77. The maximum Gasteiger partial charge on any atom is 0.411 e. The van der Waals surface area contributed by atoms with Crippen LogP contribution in [-0.2, 0) is 9.53 Å². The van der Waals surface area contributed by atoms with Crippen molar-refractivity contribution >= 4 is 23.7 Å². The molecule has 168 valence electrons. The molecule has 7 nitrogen and oxygen atoms in total. The summed E-state index contributed by atoms with van der Waals surface area (Å²) >= 11 is 0. The normalized spacial score (nSPS) is 12.9. The van der Waals surface area contributed by atoms with Gasteiger partial charge in [0.25, 0.3) is 5.91 Å². The van der Waals surface area contributed by atoms with Gasteiger partial charge in [0.15, 0.2) is 0 Å². The van der Waals surface area contributed by atoms with Crippen LogP contribution in [0.4, 0.5) is 10.5 Å². The molecule has 1 aliphatic rings. The van der Waals surface area contributed by atoms with Crippen molar-refractivity contribution in [1.82, 2.24) is 5.32 Å². The number of carbonyl (C=O) groups is 3. The van der Waals surface area contributed by atoms with E-state index in [1.807, 2.05) is 36.4 Å². The van der Waals surface area contributed by atoms with Crippen molar-refractivity contribution in [1.29, 1.82) is 0 Å². The number of nitrogens with one attached hydrogen (secondary N) is 2. The molecule has 0 aliphatic heterocycles. The van der Waals surface area contributed by atoms with Gasteiger partial charge in [0.1, 0.15) is 12.6 Å². The van der Waals surface area contributed by atoms with Gasteiger partial charge in [-0.3, -0.25) is 10.1 Å². The molecule has 4 rings (SSSR count). The first-order chi connectivity index (χ1) is 16.0. The van der Waals surface area contributed by atoms with E-state index in [-0.39, 0.29) is 30.2 Å². The van der Waals surface area contributed by atoms with Crippen molar-refractivity contribution in [2.75, 3.05) is 11.9 Å². The number of amides is 2. The van der Waals surface area contributed by atoms with E-state index in [9.17, 15) is 19.5 Å². The number of aliphatic carboxylic acids is 1. The van der Waals surface area contributed by atoms with Crippen molar-refractivity contribution in [2.45, 2.75) is 25.3 Å². The number of ether oxygens (including phenoxy) is 1. The Labute approximate surface area is 191 Å². The largest absolute Gasteiger partial charge is 0.480 e. The monoisotopic (exact) mass is 444 g/mol. The quantitative estimate of drug-likeness (QED) is 0.492. The van der Waals surface area contributed by atoms with E-state index < -0.39 is 24.0 Å². The second-order valence-electron chi connectivity index (χ2n) is 7.77. The van der Waals surface area contributed by atoms with Gasteiger partial charge in [-0.05, 0) is 40.8 Å². The Morgan fingerprint density at radius 3 is 2.09 bits per heavy atom. The van der Waals surface area contributed by atoms with E-state index in [0.29, 0.717) is 0 Å². The summed E-state index contributed by atoms with van der Waals surface area (Å²) in [5, 5.41) is 14.3. The number of carboxylic acids is 1. The maximum absolute atomic E-state index is 12.6. The summed E-state index contributed by atoms with van der Waals surface area (Å²) < 4.78 is 5.54. The highest BCUT2D eigenvalue weighted by Crippen LogP contribution is 2.44. The van der Waals surface area contributed by atoms with Crippen molar-refractivity contribution in [3.63, 3.8) is 0 Å². The van der Waals surface area contributed by atoms with Crippen LogP contribution in [-0.4, -0.2) is 35.7 Å². The fourth-order valence-electron chi connectivity index (χ4n) is 4.11. The zero-order valence-electron chi connectivity index (χ0n) is 18.1. The fourth-order valence-corrected chi connectivity index (χ4v) is 4.11. The van der Waals surface area contributed by atoms with E-state index in [0.717, 1.165) is 22.3 Å². The van der Waals surface area contributed by atoms with Gasteiger partial charge in [0.2, 0.25) is 0 Å². The number of benzene rings is 3. The molecule has 3 N–H and O–H groups in total. The van der Waals surface area contributed by atoms with Crippen LogP contribution in [0.15, 0.2) is 72.8 Å². The summed E-state index contributed by atoms with van der Waals surface area (Å²) in [6.07, 6.45) is -0.453. The highest BCUT2D eigenvalue weighted by atomic mass is 16.5. The van der Waals surface area contributed by atoms with Crippen LogP contribution in [0.1, 0.15) is 40.7 Å². The summed E-state index contributed by atoms with van der Waals surface area (Å²) in [6.45, 7) is 1.81. The third kappa shape index (κ3) is 4.57. The zero-order chi connectivity index (χ0) is 23.4. The Morgan fingerprint density at radius 1 is 0.909 bits per heavy atom. The number of rotatable bonds is 7. The molecule has 33 heavy (non-hydrogen) atoms. The minimum atomic E-state index is -1.12. The van der Waals surface area contributed by atoms with E-state index >= 15 is 0 Å². The lowest BCUT2D eigenvalue weighted by atomic mass is 9.98. The summed E-state index contributed by atoms with van der Waals surface area (Å²) in [7, 11) is 0. The number of fused-ring (bicyclic) bond motifs is 3. The molecule has 0 fully saturated rings. The van der Waals surface area contributed by atoms with Gasteiger partial charge in [-0.15, -0.1) is 0 Å². The Hall–Kier alpha value is -4.13. The fraction of sp³-hybridized carbons (Fsp3) is 0.192. The third-order valence-electron chi connectivity index (χ3n) is 5.76. The van der Waals surface area contributed by atoms with Crippen LogP contribution in [0, 0.1) is 0 Å². The summed E-state index contributed by atoms with van der Waals surface area (Å²) in [6, 6.07) is 21.5. The molecule has 0 spiro atoms. The lowest BCUT2D eigenvalue weighted by molar-refractivity contribution is -0.139. The van der Waals surface area contributed by atoms with Crippen molar-refractivity contribution in [2.24, 2.45) is 0 Å². The number of para-hydroxylation sites is 1. The van der Waals surface area contributed by atoms with Crippen molar-refractivity contribution in [3.05, 3.63) is 89.5 Å². The number of hydrogen-bond acceptors (Lipinski definition) is 4. The van der Waals surface area contributed by atoms with E-state index in [1.165, 1.54) is 6.07 Å². The van der Waals surface area contributed by atoms with Crippen LogP contribution in [0.3, 0.4) is 0 Å². The number of anilines is 1. The average Bonchev–Trinajstić information content (AvgIpc) is 3.15. The molecule has 7 heteroatoms. The van der Waals surface area contributed by atoms with Gasteiger partial charge in [0, 0.05) is 5.92 Å². The lowest BCUT2D eigenvalue weighted by Crippen LogP contribution is -2.40. The number of carbonyl (C=O) groups excluding carboxylic acids is 2. The van der Waals surface area contributed by atoms with Gasteiger partial charge in [-0.1, -0.05) is 67.6 Å². The van der Waals surface area contributed by atoms with Crippen molar-refractivity contribution < 1.29 is 24.2 Å². The molecule has 0 aromatic heterocycles. The average molecular weight is 444 g/mol. The predicted octanol–water partition coefficient (Wildman–Crippen LogP) is 4.64. The minimum absolute atomic E-state index is 0.0810. The predicted molar refractivity (Wildman–Crippen MR) is 124 cm³/mol. The smallest absolute Gasteiger partial charge is 0.411 e. The molecule has 0 heterocycles. The molecule has 0 saturated carbocycles. The van der Waals surface area contributed by atoms with Crippen molar-refractivity contribution in [3.8, 4) is 11.1 Å². The standard InChI is InChI=1S/C26H24N2O5/c1-2-22(25(30)31)27-24(29)20-13-7-8-14-23(20)28-26(32)33-15-21-18-11-5-3-9-16(18)17-10-4-6-12-19(17)21/h3-14,21-22H,2,15H2,1H3,(H,27,29)(H,28,32)(H,30,31)/t22-/m0/s1. The molecule has 3 aromatic carbocycles. The SMILES string of the molecule is CC[C@H](NC(=O)c1ccccc1NC(=O)OCC1c2ccccc2-c2ccccc21)C(=O)O. The Morgan fingerprint density at radius 2 is 1.48 bits per heavy atom. The number of hydrogen-bond donors (Lipinski definition) is 3. The highest BCUT2D eigenvalue weighted by molar-refractivity contribution is 6.03. The molecule has 2 amide bonds. The highest BCUT2D eigenvalue weighted by Gasteiger charge is 2.29. The molecule has 0 unspecified atom stereocenters. The molecular weight excluding hydrogens is 420 g/mol. The van der Waals surface area contributed by atoms with Crippen LogP contribution >= 0.6 is 0 Å². The molecule has 3 aromatic rings. The first-order valence-corrected chi connectivity index (χ1v) is 10.7. The maximum atomic E-state index is 12.6.